The van der Waals surface area contributed by atoms with Crippen molar-refractivity contribution in [3.05, 3.63) is 35.4 Å². The first-order chi connectivity index (χ1) is 7.00. The minimum atomic E-state index is -0.181. The quantitative estimate of drug-likeness (QED) is 0.688. The van der Waals surface area contributed by atoms with E-state index in [0.29, 0.717) is 0 Å². The summed E-state index contributed by atoms with van der Waals surface area (Å²) in [6, 6.07) is 8.54. The van der Waals surface area contributed by atoms with Crippen LogP contribution in [0.25, 0.3) is 0 Å². The molecule has 1 nitrogen and oxygen atoms in total. The lowest BCUT2D eigenvalue weighted by atomic mass is 9.68. The third kappa shape index (κ3) is 1.93. The number of rotatable bonds is 0. The second-order valence-corrected chi connectivity index (χ2v) is 5.65. The van der Waals surface area contributed by atoms with Crippen LogP contribution in [0.5, 0.6) is 0 Å². The minimum Gasteiger partial charge on any atom is -0.392 e. The minimum absolute atomic E-state index is 0.135. The number of aryl methyl sites for hydroxylation is 1. The molecule has 2 unspecified atom stereocenters. The molecule has 0 fully saturated rings. The molecule has 1 N–H and O–H groups in total. The Bertz CT molecular complexity index is 349. The molecule has 0 saturated carbocycles. The van der Waals surface area contributed by atoms with Crippen molar-refractivity contribution in [3.63, 3.8) is 0 Å². The molecule has 2 rings (SSSR count). The van der Waals surface area contributed by atoms with Crippen molar-refractivity contribution in [2.45, 2.75) is 45.6 Å². The van der Waals surface area contributed by atoms with Crippen LogP contribution in [0.3, 0.4) is 0 Å². The molecule has 0 aromatic heterocycles. The fourth-order valence-electron chi connectivity index (χ4n) is 2.79. The fourth-order valence-corrected chi connectivity index (χ4v) is 2.79. The molecule has 82 valence electrons. The average Bonchev–Trinajstić information content (AvgIpc) is 2.15. The Labute approximate surface area is 92.1 Å². The van der Waals surface area contributed by atoms with Gasteiger partial charge in [0.2, 0.25) is 0 Å². The maximum absolute atomic E-state index is 10.2. The standard InChI is InChI=1S/C14H20O/c1-14(2,3)13-11-7-5-4-6-10(11)8-9-12(13)15/h4-7,12-13,15H,8-9H2,1-3H3. The third-order valence-corrected chi connectivity index (χ3v) is 3.42. The van der Waals surface area contributed by atoms with Crippen LogP contribution in [0.15, 0.2) is 24.3 Å². The SMILES string of the molecule is CC(C)(C)C1c2ccccc2CCC1O. The molecular formula is C14H20O. The molecule has 1 aliphatic rings. The molecule has 0 spiro atoms. The molecule has 1 aromatic rings. The monoisotopic (exact) mass is 204 g/mol. The van der Waals surface area contributed by atoms with Gasteiger partial charge in [0.15, 0.2) is 0 Å². The molecule has 1 aliphatic carbocycles. The summed E-state index contributed by atoms with van der Waals surface area (Å²) in [6.07, 6.45) is 1.74. The average molecular weight is 204 g/mol. The molecule has 0 heterocycles. The van der Waals surface area contributed by atoms with Crippen molar-refractivity contribution in [2.24, 2.45) is 5.41 Å². The van der Waals surface area contributed by atoms with Crippen molar-refractivity contribution in [1.82, 2.24) is 0 Å². The Morgan fingerprint density at radius 1 is 1.20 bits per heavy atom. The highest BCUT2D eigenvalue weighted by Crippen LogP contribution is 2.43. The predicted octanol–water partition coefficient (Wildman–Crippen LogP) is 3.12. The van der Waals surface area contributed by atoms with Crippen LogP contribution >= 0.6 is 0 Å². The summed E-state index contributed by atoms with van der Waals surface area (Å²) in [4.78, 5) is 0. The van der Waals surface area contributed by atoms with Crippen LogP contribution in [0, 0.1) is 5.41 Å². The van der Waals surface area contributed by atoms with Crippen molar-refractivity contribution >= 4 is 0 Å². The van der Waals surface area contributed by atoms with E-state index >= 15 is 0 Å². The topological polar surface area (TPSA) is 20.2 Å². The molecule has 0 aliphatic heterocycles. The highest BCUT2D eigenvalue weighted by Gasteiger charge is 2.36. The fraction of sp³-hybridized carbons (Fsp3) is 0.571. The van der Waals surface area contributed by atoms with E-state index in [1.54, 1.807) is 0 Å². The second kappa shape index (κ2) is 3.64. The molecule has 2 atom stereocenters. The van der Waals surface area contributed by atoms with Gasteiger partial charge in [0.05, 0.1) is 6.10 Å². The zero-order chi connectivity index (χ0) is 11.1. The number of fused-ring (bicyclic) bond motifs is 1. The first-order valence-corrected chi connectivity index (χ1v) is 5.76. The van der Waals surface area contributed by atoms with Gasteiger partial charge in [0.1, 0.15) is 0 Å². The van der Waals surface area contributed by atoms with E-state index in [1.165, 1.54) is 11.1 Å². The molecule has 1 heteroatoms. The van der Waals surface area contributed by atoms with Crippen LogP contribution in [0.4, 0.5) is 0 Å². The molecule has 0 bridgehead atoms. The van der Waals surface area contributed by atoms with Gasteiger partial charge in [-0.25, -0.2) is 0 Å². The van der Waals surface area contributed by atoms with E-state index in [4.69, 9.17) is 0 Å². The van der Waals surface area contributed by atoms with Crippen molar-refractivity contribution in [1.29, 1.82) is 0 Å². The first-order valence-electron chi connectivity index (χ1n) is 5.76. The Hall–Kier alpha value is -0.820. The number of aliphatic hydroxyl groups excluding tert-OH is 1. The summed E-state index contributed by atoms with van der Waals surface area (Å²) in [5.41, 5.74) is 2.90. The molecule has 15 heavy (non-hydrogen) atoms. The van der Waals surface area contributed by atoms with E-state index in [9.17, 15) is 5.11 Å². The van der Waals surface area contributed by atoms with Gasteiger partial charge >= 0.3 is 0 Å². The highest BCUT2D eigenvalue weighted by atomic mass is 16.3. The number of aliphatic hydroxyl groups is 1. The normalized spacial score (nSPS) is 26.1. The number of hydrogen-bond donors (Lipinski definition) is 1. The molecule has 0 amide bonds. The Balaban J connectivity index is 2.46. The summed E-state index contributed by atoms with van der Waals surface area (Å²) in [5, 5.41) is 10.2. The van der Waals surface area contributed by atoms with Crippen LogP contribution in [-0.4, -0.2) is 11.2 Å². The van der Waals surface area contributed by atoms with Gasteiger partial charge in [-0.15, -0.1) is 0 Å². The van der Waals surface area contributed by atoms with Crippen LogP contribution in [-0.2, 0) is 6.42 Å². The zero-order valence-electron chi connectivity index (χ0n) is 9.83. The van der Waals surface area contributed by atoms with Gasteiger partial charge in [0, 0.05) is 5.92 Å². The predicted molar refractivity (Wildman–Crippen MR) is 63.0 cm³/mol. The molecule has 0 radical (unpaired) electrons. The van der Waals surface area contributed by atoms with Crippen LogP contribution < -0.4 is 0 Å². The lowest BCUT2D eigenvalue weighted by Gasteiger charge is -2.39. The third-order valence-electron chi connectivity index (χ3n) is 3.42. The van der Waals surface area contributed by atoms with E-state index in [0.717, 1.165) is 12.8 Å². The zero-order valence-corrected chi connectivity index (χ0v) is 9.83. The Kier molecular flexibility index (Phi) is 2.59. The van der Waals surface area contributed by atoms with E-state index in [-0.39, 0.29) is 17.4 Å². The van der Waals surface area contributed by atoms with Gasteiger partial charge in [-0.2, -0.15) is 0 Å². The number of benzene rings is 1. The summed E-state index contributed by atoms with van der Waals surface area (Å²) < 4.78 is 0. The molecular weight excluding hydrogens is 184 g/mol. The maximum Gasteiger partial charge on any atom is 0.0617 e. The second-order valence-electron chi connectivity index (χ2n) is 5.65. The van der Waals surface area contributed by atoms with Crippen molar-refractivity contribution < 1.29 is 5.11 Å². The first kappa shape index (κ1) is 10.7. The summed E-state index contributed by atoms with van der Waals surface area (Å²) >= 11 is 0. The van der Waals surface area contributed by atoms with E-state index in [1.807, 2.05) is 0 Å². The largest absolute Gasteiger partial charge is 0.392 e. The Morgan fingerprint density at radius 3 is 2.53 bits per heavy atom. The number of hydrogen-bond acceptors (Lipinski definition) is 1. The molecule has 1 aromatic carbocycles. The summed E-state index contributed by atoms with van der Waals surface area (Å²) in [6.45, 7) is 6.63. The van der Waals surface area contributed by atoms with Crippen LogP contribution in [0.1, 0.15) is 44.2 Å². The van der Waals surface area contributed by atoms with Gasteiger partial charge in [-0.05, 0) is 29.4 Å². The lowest BCUT2D eigenvalue weighted by Crippen LogP contribution is -2.34. The van der Waals surface area contributed by atoms with Crippen LogP contribution in [0.2, 0.25) is 0 Å². The van der Waals surface area contributed by atoms with Gasteiger partial charge < -0.3 is 5.11 Å². The molecule has 0 saturated heterocycles. The van der Waals surface area contributed by atoms with E-state index in [2.05, 4.69) is 45.0 Å². The van der Waals surface area contributed by atoms with Gasteiger partial charge in [-0.1, -0.05) is 45.0 Å². The smallest absolute Gasteiger partial charge is 0.0617 e. The van der Waals surface area contributed by atoms with Gasteiger partial charge in [0.25, 0.3) is 0 Å². The van der Waals surface area contributed by atoms with E-state index < -0.39 is 0 Å². The maximum atomic E-state index is 10.2. The van der Waals surface area contributed by atoms with Crippen molar-refractivity contribution in [2.75, 3.05) is 0 Å². The van der Waals surface area contributed by atoms with Crippen molar-refractivity contribution in [3.8, 4) is 0 Å². The summed E-state index contributed by atoms with van der Waals surface area (Å²) in [7, 11) is 0. The highest BCUT2D eigenvalue weighted by molar-refractivity contribution is 5.35. The lowest BCUT2D eigenvalue weighted by molar-refractivity contribution is 0.0746. The van der Waals surface area contributed by atoms with Gasteiger partial charge in [-0.3, -0.25) is 0 Å². The summed E-state index contributed by atoms with van der Waals surface area (Å²) in [5.74, 6) is 0.280. The Morgan fingerprint density at radius 2 is 1.87 bits per heavy atom.